The summed E-state index contributed by atoms with van der Waals surface area (Å²) >= 11 is 0. The molecular formula is C22H22N4O. The number of hydrogen-bond donors (Lipinski definition) is 1. The van der Waals surface area contributed by atoms with Crippen LogP contribution in [0.3, 0.4) is 0 Å². The fraction of sp³-hybridized carbons (Fsp3) is 0.182. The van der Waals surface area contributed by atoms with Crippen molar-refractivity contribution in [2.24, 2.45) is 9.98 Å². The van der Waals surface area contributed by atoms with Gasteiger partial charge in [0.15, 0.2) is 0 Å². The molecule has 0 saturated carbocycles. The molecule has 2 heterocycles. The van der Waals surface area contributed by atoms with Crippen LogP contribution in [0.15, 0.2) is 83.0 Å². The van der Waals surface area contributed by atoms with Gasteiger partial charge in [0.05, 0.1) is 18.8 Å². The normalized spacial score (nSPS) is 13.8. The van der Waals surface area contributed by atoms with Crippen molar-refractivity contribution in [2.45, 2.75) is 12.3 Å². The van der Waals surface area contributed by atoms with Crippen LogP contribution >= 0.6 is 0 Å². The van der Waals surface area contributed by atoms with Gasteiger partial charge in [0.25, 0.3) is 0 Å². The third kappa shape index (κ3) is 5.07. The number of pyridine rings is 2. The van der Waals surface area contributed by atoms with Crippen molar-refractivity contribution in [3.63, 3.8) is 0 Å². The van der Waals surface area contributed by atoms with E-state index in [4.69, 9.17) is 0 Å². The van der Waals surface area contributed by atoms with E-state index in [-0.39, 0.29) is 11.2 Å². The zero-order valence-corrected chi connectivity index (χ0v) is 15.2. The van der Waals surface area contributed by atoms with Gasteiger partial charge in [-0.2, -0.15) is 0 Å². The molecule has 1 N–H and O–H groups in total. The predicted octanol–water partition coefficient (Wildman–Crippen LogP) is 3.68. The van der Waals surface area contributed by atoms with Crippen LogP contribution in [0.5, 0.6) is 5.75 Å². The van der Waals surface area contributed by atoms with Crippen LogP contribution in [-0.2, 0) is 5.41 Å². The molecule has 0 unspecified atom stereocenters. The Labute approximate surface area is 159 Å². The lowest BCUT2D eigenvalue weighted by atomic mass is 9.86. The highest BCUT2D eigenvalue weighted by Gasteiger charge is 2.27. The smallest absolute Gasteiger partial charge is 0.124 e. The van der Waals surface area contributed by atoms with Crippen LogP contribution in [0.4, 0.5) is 0 Å². The minimum absolute atomic E-state index is 0.217. The second-order valence-electron chi connectivity index (χ2n) is 6.53. The highest BCUT2D eigenvalue weighted by atomic mass is 16.3. The summed E-state index contributed by atoms with van der Waals surface area (Å²) in [6, 6.07) is 18.7. The lowest BCUT2D eigenvalue weighted by Gasteiger charge is -2.25. The highest BCUT2D eigenvalue weighted by molar-refractivity contribution is 5.83. The van der Waals surface area contributed by atoms with E-state index in [1.54, 1.807) is 37.0 Å². The molecule has 5 nitrogen and oxygen atoms in total. The van der Waals surface area contributed by atoms with Crippen LogP contribution in [0.25, 0.3) is 0 Å². The molecule has 136 valence electrons. The van der Waals surface area contributed by atoms with Gasteiger partial charge in [0.2, 0.25) is 0 Å². The summed E-state index contributed by atoms with van der Waals surface area (Å²) < 4.78 is 0. The molecule has 0 fully saturated rings. The van der Waals surface area contributed by atoms with Crippen molar-refractivity contribution >= 4 is 12.4 Å². The van der Waals surface area contributed by atoms with Gasteiger partial charge >= 0.3 is 0 Å². The average molecular weight is 358 g/mol. The second kappa shape index (κ2) is 8.85. The lowest BCUT2D eigenvalue weighted by Crippen LogP contribution is -2.31. The molecule has 0 aliphatic carbocycles. The summed E-state index contributed by atoms with van der Waals surface area (Å²) in [6.07, 6.45) is 6.99. The molecule has 2 aromatic heterocycles. The maximum atomic E-state index is 9.89. The van der Waals surface area contributed by atoms with E-state index in [1.807, 2.05) is 48.5 Å². The number of phenolic OH excluding ortho intramolecular Hbond substituents is 1. The Balaban J connectivity index is 1.78. The molecule has 5 heteroatoms. The summed E-state index contributed by atoms with van der Waals surface area (Å²) in [4.78, 5) is 17.9. The maximum Gasteiger partial charge on any atom is 0.124 e. The third-order valence-corrected chi connectivity index (χ3v) is 4.24. The third-order valence-electron chi connectivity index (χ3n) is 4.24. The van der Waals surface area contributed by atoms with E-state index < -0.39 is 0 Å². The van der Waals surface area contributed by atoms with Crippen molar-refractivity contribution in [3.05, 3.63) is 90.0 Å². The van der Waals surface area contributed by atoms with Gasteiger partial charge < -0.3 is 5.11 Å². The van der Waals surface area contributed by atoms with Gasteiger partial charge in [0, 0.05) is 41.5 Å². The van der Waals surface area contributed by atoms with Gasteiger partial charge in [-0.25, -0.2) is 0 Å². The summed E-state index contributed by atoms with van der Waals surface area (Å²) in [6.45, 7) is 3.11. The van der Waals surface area contributed by atoms with E-state index in [9.17, 15) is 5.11 Å². The number of hydrogen-bond acceptors (Lipinski definition) is 5. The number of aromatic nitrogens is 2. The quantitative estimate of drug-likeness (QED) is 0.655. The Kier molecular flexibility index (Phi) is 6.05. The van der Waals surface area contributed by atoms with Crippen LogP contribution in [-0.4, -0.2) is 40.6 Å². The largest absolute Gasteiger partial charge is 0.507 e. The number of aliphatic imine (C=N–C) groups is 2. The molecule has 3 aromatic rings. The van der Waals surface area contributed by atoms with Crippen LogP contribution < -0.4 is 0 Å². The first kappa shape index (κ1) is 18.5. The van der Waals surface area contributed by atoms with Gasteiger partial charge in [0.1, 0.15) is 5.75 Å². The van der Waals surface area contributed by atoms with Gasteiger partial charge in [-0.05, 0) is 36.4 Å². The molecule has 3 rings (SSSR count). The molecule has 0 spiro atoms. The molecule has 27 heavy (non-hydrogen) atoms. The fourth-order valence-electron chi connectivity index (χ4n) is 2.67. The van der Waals surface area contributed by atoms with E-state index in [0.29, 0.717) is 18.7 Å². The predicted molar refractivity (Wildman–Crippen MR) is 109 cm³/mol. The minimum Gasteiger partial charge on any atom is -0.507 e. The van der Waals surface area contributed by atoms with Crippen molar-refractivity contribution in [3.8, 4) is 5.75 Å². The van der Waals surface area contributed by atoms with Crippen molar-refractivity contribution in [1.29, 1.82) is 0 Å². The van der Waals surface area contributed by atoms with Crippen LogP contribution in [0.2, 0.25) is 0 Å². The van der Waals surface area contributed by atoms with E-state index >= 15 is 0 Å². The highest BCUT2D eigenvalue weighted by Crippen LogP contribution is 2.23. The van der Waals surface area contributed by atoms with Gasteiger partial charge in [-0.15, -0.1) is 0 Å². The molecule has 0 aliphatic heterocycles. The van der Waals surface area contributed by atoms with Crippen molar-refractivity contribution in [2.75, 3.05) is 13.1 Å². The minimum atomic E-state index is -0.368. The number of phenols is 1. The summed E-state index contributed by atoms with van der Waals surface area (Å²) in [5.41, 5.74) is 2.07. The second-order valence-corrected chi connectivity index (χ2v) is 6.53. The van der Waals surface area contributed by atoms with Crippen LogP contribution in [0, 0.1) is 0 Å². The molecular weight excluding hydrogens is 336 g/mol. The molecule has 0 aliphatic rings. The average Bonchev–Trinajstić information content (AvgIpc) is 2.71. The lowest BCUT2D eigenvalue weighted by molar-refractivity contribution is 0.473. The fourth-order valence-corrected chi connectivity index (χ4v) is 2.67. The Morgan fingerprint density at radius 3 is 2.19 bits per heavy atom. The van der Waals surface area contributed by atoms with Crippen LogP contribution in [0.1, 0.15) is 23.9 Å². The maximum absolute atomic E-state index is 9.89. The monoisotopic (exact) mass is 358 g/mol. The Morgan fingerprint density at radius 2 is 1.52 bits per heavy atom. The summed E-state index contributed by atoms with van der Waals surface area (Å²) in [7, 11) is 0. The SMILES string of the molecule is C[C@@](CN=Cc1ccccn1)(CN=Cc1ccccc1O)c1ccccn1. The van der Waals surface area contributed by atoms with Crippen molar-refractivity contribution in [1.82, 2.24) is 9.97 Å². The van der Waals surface area contributed by atoms with Crippen molar-refractivity contribution < 1.29 is 5.11 Å². The molecule has 0 radical (unpaired) electrons. The Morgan fingerprint density at radius 1 is 0.852 bits per heavy atom. The first-order chi connectivity index (χ1) is 13.2. The topological polar surface area (TPSA) is 70.7 Å². The first-order valence-corrected chi connectivity index (χ1v) is 8.78. The zero-order chi connectivity index (χ0) is 19.0. The van der Waals surface area contributed by atoms with Gasteiger partial charge in [-0.1, -0.05) is 31.2 Å². The number of benzene rings is 1. The van der Waals surface area contributed by atoms with E-state index in [1.165, 1.54) is 0 Å². The standard InChI is InChI=1S/C22H22N4O/c1-22(21-11-5-7-13-26-21,17-24-15-19-9-4-6-12-25-19)16-23-14-18-8-2-3-10-20(18)27/h2-15,27H,16-17H2,1H3/t22-/m0/s1. The Hall–Kier alpha value is -3.34. The molecule has 0 amide bonds. The number of aromatic hydroxyl groups is 1. The summed E-state index contributed by atoms with van der Waals surface area (Å²) in [5, 5.41) is 9.89. The summed E-state index contributed by atoms with van der Waals surface area (Å²) in [5.74, 6) is 0.217. The molecule has 0 bridgehead atoms. The Bertz CT molecular complexity index is 910. The molecule has 1 aromatic carbocycles. The number of para-hydroxylation sites is 1. The molecule has 1 atom stereocenters. The number of rotatable bonds is 7. The number of nitrogens with zero attached hydrogens (tertiary/aromatic N) is 4. The zero-order valence-electron chi connectivity index (χ0n) is 15.2. The van der Waals surface area contributed by atoms with E-state index in [2.05, 4.69) is 26.9 Å². The van der Waals surface area contributed by atoms with E-state index in [0.717, 1.165) is 11.4 Å². The van der Waals surface area contributed by atoms with Gasteiger partial charge in [-0.3, -0.25) is 20.0 Å². The molecule has 0 saturated heterocycles. The first-order valence-electron chi connectivity index (χ1n) is 8.78.